The Morgan fingerprint density at radius 2 is 0.857 bits per heavy atom. The van der Waals surface area contributed by atoms with E-state index in [1.165, 1.54) is 141 Å². The quantitative estimate of drug-likeness (QED) is 0.207. The number of aryl methyl sites for hydroxylation is 4. The van der Waals surface area contributed by atoms with Crippen molar-refractivity contribution in [2.45, 2.75) is 104 Å². The monoisotopic (exact) mass is 552 g/mol. The minimum atomic E-state index is 0.608. The second-order valence-electron chi connectivity index (χ2n) is 13.5. The zero-order valence-corrected chi connectivity index (χ0v) is 25.9. The molecule has 2 aliphatic rings. The molecule has 0 N–H and O–H groups in total. The van der Waals surface area contributed by atoms with Gasteiger partial charge in [-0.25, -0.2) is 0 Å². The van der Waals surface area contributed by atoms with Gasteiger partial charge in [-0.1, -0.05) is 74.9 Å². The van der Waals surface area contributed by atoms with Gasteiger partial charge in [0.15, 0.2) is 0 Å². The molecule has 2 aliphatic carbocycles. The summed E-state index contributed by atoms with van der Waals surface area (Å²) in [5.41, 5.74) is 14.3. The van der Waals surface area contributed by atoms with Gasteiger partial charge >= 0.3 is 0 Å². The third-order valence-electron chi connectivity index (χ3n) is 11.0. The fourth-order valence-corrected chi connectivity index (χ4v) is 9.27. The first-order valence-electron chi connectivity index (χ1n) is 16.6. The molecule has 2 heterocycles. The van der Waals surface area contributed by atoms with Crippen molar-refractivity contribution in [1.29, 1.82) is 0 Å². The number of rotatable bonds is 3. The Kier molecular flexibility index (Phi) is 6.25. The Morgan fingerprint density at radius 3 is 1.26 bits per heavy atom. The highest BCUT2D eigenvalue weighted by Crippen LogP contribution is 2.47. The molecule has 2 saturated carbocycles. The molecule has 0 saturated heterocycles. The number of benzene rings is 4. The summed E-state index contributed by atoms with van der Waals surface area (Å²) >= 11 is 0. The van der Waals surface area contributed by atoms with E-state index in [0.29, 0.717) is 12.1 Å². The van der Waals surface area contributed by atoms with Gasteiger partial charge in [0.25, 0.3) is 0 Å². The molecule has 42 heavy (non-hydrogen) atoms. The van der Waals surface area contributed by atoms with Crippen molar-refractivity contribution in [2.24, 2.45) is 0 Å². The van der Waals surface area contributed by atoms with Crippen LogP contribution in [0.5, 0.6) is 0 Å². The Hall–Kier alpha value is -3.52. The van der Waals surface area contributed by atoms with E-state index in [1.54, 1.807) is 0 Å². The van der Waals surface area contributed by atoms with Crippen molar-refractivity contribution in [3.8, 4) is 11.1 Å². The molecule has 4 aromatic carbocycles. The first kappa shape index (κ1) is 26.1. The number of para-hydroxylation sites is 2. The van der Waals surface area contributed by atoms with Gasteiger partial charge < -0.3 is 9.13 Å². The third kappa shape index (κ3) is 3.76. The van der Waals surface area contributed by atoms with E-state index < -0.39 is 0 Å². The minimum absolute atomic E-state index is 0.608. The SMILES string of the molecule is Cc1cc2c(c(C)c1-c1c(C)cc3c(c1C)c1ccccc1n3C1CCCCC1)c1ccccc1n2C1CCCCC1. The van der Waals surface area contributed by atoms with E-state index in [-0.39, 0.29) is 0 Å². The summed E-state index contributed by atoms with van der Waals surface area (Å²) in [6, 6.07) is 24.6. The van der Waals surface area contributed by atoms with Crippen LogP contribution in [0.25, 0.3) is 54.7 Å². The lowest BCUT2D eigenvalue weighted by molar-refractivity contribution is 0.367. The molecule has 0 radical (unpaired) electrons. The van der Waals surface area contributed by atoms with Gasteiger partial charge in [-0.05, 0) is 111 Å². The molecular weight excluding hydrogens is 508 g/mol. The Morgan fingerprint density at radius 1 is 0.476 bits per heavy atom. The molecule has 2 nitrogen and oxygen atoms in total. The largest absolute Gasteiger partial charge is 0.337 e. The van der Waals surface area contributed by atoms with Crippen LogP contribution in [0, 0.1) is 27.7 Å². The first-order chi connectivity index (χ1) is 20.5. The number of aromatic nitrogens is 2. The molecule has 0 unspecified atom stereocenters. The standard InChI is InChI=1S/C40H44N2/c1-25-23-35-39(31-19-11-13-21-33(31)41(35)29-15-7-5-8-16-29)27(3)37(25)38-26(2)24-36-40(28(38)4)32-20-12-14-22-34(32)42(36)30-17-9-6-10-18-30/h11-14,19-24,29-30H,5-10,15-18H2,1-4H3. The van der Waals surface area contributed by atoms with Crippen LogP contribution in [0.4, 0.5) is 0 Å². The average molecular weight is 553 g/mol. The lowest BCUT2D eigenvalue weighted by atomic mass is 9.85. The van der Waals surface area contributed by atoms with Crippen LogP contribution in [-0.2, 0) is 0 Å². The number of fused-ring (bicyclic) bond motifs is 6. The van der Waals surface area contributed by atoms with Crippen LogP contribution >= 0.6 is 0 Å². The summed E-state index contributed by atoms with van der Waals surface area (Å²) in [6.45, 7) is 9.52. The number of hydrogen-bond acceptors (Lipinski definition) is 0. The van der Waals surface area contributed by atoms with Crippen LogP contribution in [0.15, 0.2) is 60.7 Å². The summed E-state index contributed by atoms with van der Waals surface area (Å²) < 4.78 is 5.43. The van der Waals surface area contributed by atoms with Gasteiger partial charge in [0.1, 0.15) is 0 Å². The second kappa shape index (κ2) is 10.0. The van der Waals surface area contributed by atoms with Gasteiger partial charge in [0.05, 0.1) is 0 Å². The van der Waals surface area contributed by atoms with E-state index in [1.807, 2.05) is 0 Å². The number of nitrogens with zero attached hydrogens (tertiary/aromatic N) is 2. The fraction of sp³-hybridized carbons (Fsp3) is 0.400. The molecule has 8 rings (SSSR count). The lowest BCUT2D eigenvalue weighted by Crippen LogP contribution is -2.12. The molecule has 0 atom stereocenters. The smallest absolute Gasteiger partial charge is 0.0499 e. The van der Waals surface area contributed by atoms with Crippen LogP contribution in [0.3, 0.4) is 0 Å². The van der Waals surface area contributed by atoms with Crippen LogP contribution in [-0.4, -0.2) is 9.13 Å². The maximum Gasteiger partial charge on any atom is 0.0499 e. The summed E-state index contributed by atoms with van der Waals surface area (Å²) in [5.74, 6) is 0. The van der Waals surface area contributed by atoms with Gasteiger partial charge in [-0.3, -0.25) is 0 Å². The van der Waals surface area contributed by atoms with E-state index in [9.17, 15) is 0 Å². The van der Waals surface area contributed by atoms with Crippen molar-refractivity contribution < 1.29 is 0 Å². The molecule has 0 bridgehead atoms. The van der Waals surface area contributed by atoms with Gasteiger partial charge in [0.2, 0.25) is 0 Å². The van der Waals surface area contributed by atoms with E-state index in [2.05, 4.69) is 97.5 Å². The summed E-state index contributed by atoms with van der Waals surface area (Å²) in [6.07, 6.45) is 13.4. The summed E-state index contributed by atoms with van der Waals surface area (Å²) in [4.78, 5) is 0. The molecule has 2 heteroatoms. The molecule has 2 fully saturated rings. The normalized spacial score (nSPS) is 17.3. The molecule has 214 valence electrons. The fourth-order valence-electron chi connectivity index (χ4n) is 9.27. The number of hydrogen-bond donors (Lipinski definition) is 0. The Balaban J connectivity index is 1.42. The van der Waals surface area contributed by atoms with Crippen LogP contribution in [0.2, 0.25) is 0 Å². The predicted molar refractivity (Wildman–Crippen MR) is 181 cm³/mol. The van der Waals surface area contributed by atoms with Crippen molar-refractivity contribution in [1.82, 2.24) is 9.13 Å². The van der Waals surface area contributed by atoms with Crippen molar-refractivity contribution in [2.75, 3.05) is 0 Å². The van der Waals surface area contributed by atoms with E-state index >= 15 is 0 Å². The van der Waals surface area contributed by atoms with E-state index in [4.69, 9.17) is 0 Å². The minimum Gasteiger partial charge on any atom is -0.337 e. The van der Waals surface area contributed by atoms with Crippen molar-refractivity contribution in [3.05, 3.63) is 82.9 Å². The summed E-state index contributed by atoms with van der Waals surface area (Å²) in [7, 11) is 0. The topological polar surface area (TPSA) is 9.86 Å². The highest BCUT2D eigenvalue weighted by molar-refractivity contribution is 6.15. The molecule has 0 amide bonds. The zero-order valence-electron chi connectivity index (χ0n) is 25.9. The first-order valence-corrected chi connectivity index (χ1v) is 16.6. The molecule has 6 aromatic rings. The molecule has 0 spiro atoms. The molecule has 2 aromatic heterocycles. The highest BCUT2D eigenvalue weighted by Gasteiger charge is 2.27. The molecular formula is C40H44N2. The second-order valence-corrected chi connectivity index (χ2v) is 13.5. The lowest BCUT2D eigenvalue weighted by Gasteiger charge is -2.26. The van der Waals surface area contributed by atoms with Gasteiger partial charge in [-0.15, -0.1) is 0 Å². The van der Waals surface area contributed by atoms with Crippen molar-refractivity contribution >= 4 is 43.6 Å². The Bertz CT molecular complexity index is 1840. The van der Waals surface area contributed by atoms with Crippen LogP contribution < -0.4 is 0 Å². The Labute approximate surface area is 250 Å². The predicted octanol–water partition coefficient (Wildman–Crippen LogP) is 11.8. The summed E-state index contributed by atoms with van der Waals surface area (Å²) in [5, 5.41) is 5.75. The zero-order chi connectivity index (χ0) is 28.5. The van der Waals surface area contributed by atoms with Crippen molar-refractivity contribution in [3.63, 3.8) is 0 Å². The van der Waals surface area contributed by atoms with Crippen LogP contribution in [0.1, 0.15) is 98.5 Å². The highest BCUT2D eigenvalue weighted by atomic mass is 15.0. The maximum absolute atomic E-state index is 2.72. The van der Waals surface area contributed by atoms with Gasteiger partial charge in [-0.2, -0.15) is 0 Å². The third-order valence-corrected chi connectivity index (χ3v) is 11.0. The maximum atomic E-state index is 2.72. The molecule has 0 aliphatic heterocycles. The van der Waals surface area contributed by atoms with Gasteiger partial charge in [0, 0.05) is 55.7 Å². The van der Waals surface area contributed by atoms with E-state index in [0.717, 1.165) is 0 Å². The average Bonchev–Trinajstić information content (AvgIpc) is 3.52.